The van der Waals surface area contributed by atoms with E-state index >= 15 is 0 Å². The molecule has 3 rings (SSSR count). The number of carbonyl (C=O) groups is 3. The average molecular weight is 418 g/mol. The molecule has 0 saturated carbocycles. The molecule has 0 bridgehead atoms. The third-order valence-corrected chi connectivity index (χ3v) is 5.56. The lowest BCUT2D eigenvalue weighted by Gasteiger charge is -2.37. The smallest absolute Gasteiger partial charge is 0.325 e. The largest absolute Gasteiger partial charge is 0.497 e. The molecule has 2 aliphatic heterocycles. The van der Waals surface area contributed by atoms with Crippen molar-refractivity contribution in [3.05, 3.63) is 18.2 Å². The van der Waals surface area contributed by atoms with Crippen molar-refractivity contribution in [3.63, 3.8) is 0 Å². The van der Waals surface area contributed by atoms with Gasteiger partial charge < -0.3 is 25.0 Å². The number of likely N-dealkylation sites (tertiary alicyclic amines) is 1. The molecule has 0 atom stereocenters. The third-order valence-electron chi connectivity index (χ3n) is 5.56. The van der Waals surface area contributed by atoms with Crippen LogP contribution >= 0.6 is 0 Å². The number of hydrogen-bond acceptors (Lipinski definition) is 6. The maximum Gasteiger partial charge on any atom is 0.325 e. The summed E-state index contributed by atoms with van der Waals surface area (Å²) in [6.45, 7) is 6.40. The number of nitrogens with one attached hydrogen (secondary N) is 2. The quantitative estimate of drug-likeness (QED) is 0.654. The first-order valence-electron chi connectivity index (χ1n) is 10.2. The summed E-state index contributed by atoms with van der Waals surface area (Å²) in [4.78, 5) is 41.4. The van der Waals surface area contributed by atoms with Gasteiger partial charge in [0.2, 0.25) is 5.91 Å². The van der Waals surface area contributed by atoms with Gasteiger partial charge in [0, 0.05) is 25.7 Å². The Morgan fingerprint density at radius 1 is 1.20 bits per heavy atom. The zero-order chi connectivity index (χ0) is 21.9. The van der Waals surface area contributed by atoms with Crippen LogP contribution in [0.1, 0.15) is 26.7 Å². The molecule has 2 aliphatic rings. The van der Waals surface area contributed by atoms with Gasteiger partial charge in [-0.1, -0.05) is 13.8 Å². The Bertz CT molecular complexity index is 818. The van der Waals surface area contributed by atoms with Crippen molar-refractivity contribution in [2.24, 2.45) is 5.92 Å². The van der Waals surface area contributed by atoms with Gasteiger partial charge >= 0.3 is 6.03 Å². The second-order valence-electron chi connectivity index (χ2n) is 8.21. The van der Waals surface area contributed by atoms with Gasteiger partial charge in [-0.05, 0) is 30.9 Å². The van der Waals surface area contributed by atoms with Crippen LogP contribution in [-0.2, 0) is 9.59 Å². The lowest BCUT2D eigenvalue weighted by atomic mass is 9.87. The van der Waals surface area contributed by atoms with E-state index in [9.17, 15) is 14.4 Å². The van der Waals surface area contributed by atoms with E-state index in [1.165, 1.54) is 14.2 Å². The van der Waals surface area contributed by atoms with Crippen LogP contribution in [0.25, 0.3) is 0 Å². The average Bonchev–Trinajstić information content (AvgIpc) is 2.93. The van der Waals surface area contributed by atoms with Crippen molar-refractivity contribution >= 4 is 23.5 Å². The van der Waals surface area contributed by atoms with Crippen molar-refractivity contribution in [2.75, 3.05) is 45.7 Å². The number of rotatable bonds is 7. The number of anilines is 1. The van der Waals surface area contributed by atoms with Gasteiger partial charge in [-0.2, -0.15) is 0 Å². The summed E-state index contributed by atoms with van der Waals surface area (Å²) in [5.74, 6) is 0.731. The molecule has 9 nitrogen and oxygen atoms in total. The number of methoxy groups -OCH3 is 2. The second kappa shape index (κ2) is 8.91. The summed E-state index contributed by atoms with van der Waals surface area (Å²) in [5.41, 5.74) is -0.496. The standard InChI is InChI=1S/C21H30N4O5/c1-14(2)12-24-9-7-21(8-10-24)19(27)25(20(28)23-21)13-18(26)22-16-11-15(29-3)5-6-17(16)30-4/h5-6,11,14H,7-10,12-13H2,1-4H3,(H,22,26)(H,23,28). The van der Waals surface area contributed by atoms with Crippen LogP contribution in [0.15, 0.2) is 18.2 Å². The summed E-state index contributed by atoms with van der Waals surface area (Å²) in [6, 6.07) is 4.47. The Morgan fingerprint density at radius 3 is 2.50 bits per heavy atom. The van der Waals surface area contributed by atoms with E-state index in [4.69, 9.17) is 9.47 Å². The molecule has 1 aromatic rings. The van der Waals surface area contributed by atoms with Gasteiger partial charge in [0.25, 0.3) is 5.91 Å². The van der Waals surface area contributed by atoms with Gasteiger partial charge in [0.1, 0.15) is 23.6 Å². The maximum atomic E-state index is 13.0. The van der Waals surface area contributed by atoms with E-state index in [2.05, 4.69) is 29.4 Å². The Kier molecular flexibility index (Phi) is 6.50. The molecule has 164 valence electrons. The predicted octanol–water partition coefficient (Wildman–Crippen LogP) is 1.68. The van der Waals surface area contributed by atoms with Crippen LogP contribution < -0.4 is 20.1 Å². The highest BCUT2D eigenvalue weighted by Crippen LogP contribution is 2.31. The fourth-order valence-electron chi connectivity index (χ4n) is 4.04. The summed E-state index contributed by atoms with van der Waals surface area (Å²) in [7, 11) is 3.01. The zero-order valence-corrected chi connectivity index (χ0v) is 18.0. The van der Waals surface area contributed by atoms with E-state index in [1.807, 2.05) is 0 Å². The molecule has 1 spiro atoms. The maximum absolute atomic E-state index is 13.0. The number of carbonyl (C=O) groups excluding carboxylic acids is 3. The fourth-order valence-corrected chi connectivity index (χ4v) is 4.04. The Hall–Kier alpha value is -2.81. The Balaban J connectivity index is 1.64. The second-order valence-corrected chi connectivity index (χ2v) is 8.21. The van der Waals surface area contributed by atoms with E-state index in [1.54, 1.807) is 18.2 Å². The number of nitrogens with zero attached hydrogens (tertiary/aromatic N) is 2. The number of piperidine rings is 1. The summed E-state index contributed by atoms with van der Waals surface area (Å²) in [6.07, 6.45) is 1.10. The van der Waals surface area contributed by atoms with Gasteiger partial charge in [-0.3, -0.25) is 14.5 Å². The van der Waals surface area contributed by atoms with Crippen LogP contribution in [0, 0.1) is 5.92 Å². The predicted molar refractivity (Wildman–Crippen MR) is 112 cm³/mol. The minimum absolute atomic E-state index is 0.329. The first kappa shape index (κ1) is 21.9. The number of benzene rings is 1. The lowest BCUT2D eigenvalue weighted by Crippen LogP contribution is -2.55. The zero-order valence-electron chi connectivity index (χ0n) is 18.0. The van der Waals surface area contributed by atoms with Crippen LogP contribution in [0.2, 0.25) is 0 Å². The van der Waals surface area contributed by atoms with Crippen LogP contribution in [-0.4, -0.2) is 73.6 Å². The molecule has 9 heteroatoms. The summed E-state index contributed by atoms with van der Waals surface area (Å²) >= 11 is 0. The molecule has 4 amide bonds. The minimum atomic E-state index is -0.904. The van der Waals surface area contributed by atoms with Crippen molar-refractivity contribution in [1.82, 2.24) is 15.1 Å². The van der Waals surface area contributed by atoms with E-state index in [0.29, 0.717) is 35.9 Å². The third kappa shape index (κ3) is 4.51. The lowest BCUT2D eigenvalue weighted by molar-refractivity contribution is -0.135. The number of amides is 4. The van der Waals surface area contributed by atoms with Crippen LogP contribution in [0.4, 0.5) is 10.5 Å². The topological polar surface area (TPSA) is 100 Å². The molecule has 0 radical (unpaired) electrons. The summed E-state index contributed by atoms with van der Waals surface area (Å²) < 4.78 is 10.4. The normalized spacial score (nSPS) is 18.6. The Morgan fingerprint density at radius 2 is 1.90 bits per heavy atom. The Labute approximate surface area is 176 Å². The molecule has 0 unspecified atom stereocenters. The SMILES string of the molecule is COc1ccc(OC)c(NC(=O)CN2C(=O)NC3(CCN(CC(C)C)CC3)C2=O)c1. The van der Waals surface area contributed by atoms with Crippen molar-refractivity contribution in [1.29, 1.82) is 0 Å². The molecule has 2 fully saturated rings. The van der Waals surface area contributed by atoms with E-state index < -0.39 is 17.5 Å². The molecule has 30 heavy (non-hydrogen) atoms. The number of ether oxygens (including phenoxy) is 2. The number of urea groups is 1. The van der Waals surface area contributed by atoms with Gasteiger partial charge in [-0.25, -0.2) is 4.79 Å². The van der Waals surface area contributed by atoms with Crippen LogP contribution in [0.3, 0.4) is 0 Å². The molecule has 1 aromatic carbocycles. The monoisotopic (exact) mass is 418 g/mol. The van der Waals surface area contributed by atoms with E-state index in [-0.39, 0.29) is 12.5 Å². The molecule has 2 saturated heterocycles. The van der Waals surface area contributed by atoms with Crippen molar-refractivity contribution in [2.45, 2.75) is 32.2 Å². The van der Waals surface area contributed by atoms with Gasteiger partial charge in [0.05, 0.1) is 19.9 Å². The van der Waals surface area contributed by atoms with Gasteiger partial charge in [-0.15, -0.1) is 0 Å². The first-order chi connectivity index (χ1) is 14.3. The molecule has 2 N–H and O–H groups in total. The fraction of sp³-hybridized carbons (Fsp3) is 0.571. The van der Waals surface area contributed by atoms with Crippen molar-refractivity contribution < 1.29 is 23.9 Å². The molecule has 0 aliphatic carbocycles. The van der Waals surface area contributed by atoms with Crippen molar-refractivity contribution in [3.8, 4) is 11.5 Å². The highest BCUT2D eigenvalue weighted by atomic mass is 16.5. The molecule has 0 aromatic heterocycles. The minimum Gasteiger partial charge on any atom is -0.497 e. The molecular formula is C21H30N4O5. The first-order valence-corrected chi connectivity index (χ1v) is 10.2. The number of imide groups is 1. The van der Waals surface area contributed by atoms with Gasteiger partial charge in [0.15, 0.2) is 0 Å². The summed E-state index contributed by atoms with van der Waals surface area (Å²) in [5, 5.41) is 5.54. The highest BCUT2D eigenvalue weighted by Gasteiger charge is 2.52. The molecule has 2 heterocycles. The number of hydrogen-bond donors (Lipinski definition) is 2. The molecular weight excluding hydrogens is 388 g/mol. The van der Waals surface area contributed by atoms with E-state index in [0.717, 1.165) is 24.5 Å². The van der Waals surface area contributed by atoms with Crippen LogP contribution in [0.5, 0.6) is 11.5 Å². The highest BCUT2D eigenvalue weighted by molar-refractivity contribution is 6.10.